The monoisotopic (exact) mass is 522 g/mol. The molecule has 1 saturated carbocycles. The highest BCUT2D eigenvalue weighted by Gasteiger charge is 2.31. The van der Waals surface area contributed by atoms with Crippen LogP contribution in [0.5, 0.6) is 5.88 Å². The molecule has 1 aliphatic carbocycles. The minimum atomic E-state index is -3.34. The minimum absolute atomic E-state index is 0.00930. The number of aromatic hydroxyl groups is 1. The third kappa shape index (κ3) is 4.73. The Hall–Kier alpha value is -4.00. The molecule has 192 valence electrons. The topological polar surface area (TPSA) is 166 Å². The van der Waals surface area contributed by atoms with Crippen molar-refractivity contribution in [2.75, 3.05) is 11.1 Å². The molecule has 0 amide bonds. The van der Waals surface area contributed by atoms with E-state index in [9.17, 15) is 18.3 Å². The van der Waals surface area contributed by atoms with E-state index in [0.717, 1.165) is 12.8 Å². The molecule has 0 unspecified atom stereocenters. The van der Waals surface area contributed by atoms with Gasteiger partial charge in [-0.25, -0.2) is 33.3 Å². The van der Waals surface area contributed by atoms with Gasteiger partial charge in [0.05, 0.1) is 34.8 Å². The third-order valence-corrected chi connectivity index (χ3v) is 7.89. The Bertz CT molecular complexity index is 1650. The van der Waals surface area contributed by atoms with Gasteiger partial charge in [0.1, 0.15) is 17.4 Å². The smallest absolute Gasteiger partial charge is 0.295 e. The van der Waals surface area contributed by atoms with Crippen LogP contribution in [0.2, 0.25) is 0 Å². The van der Waals surface area contributed by atoms with E-state index in [4.69, 9.17) is 0 Å². The molecule has 1 fully saturated rings. The number of pyridine rings is 1. The van der Waals surface area contributed by atoms with Crippen molar-refractivity contribution in [2.24, 2.45) is 0 Å². The molecule has 4 aromatic heterocycles. The number of fused-ring (bicyclic) bond motifs is 1. The Labute approximate surface area is 212 Å². The standard InChI is InChI=1S/C24H26N8O4S/c1-4-37(35,36)16-8-7-15(25-10-16)9-26-21-24(34)32(13(2)3)22-17(30-21)11-27-20(31-22)18-19(14-5-6-14)28-12-29-23(18)33/h7-8,10-14H,4-6,9H2,1-3H3,(H,26,30)(H,28,29,33). The molecule has 1 aliphatic rings. The maximum absolute atomic E-state index is 13.4. The normalized spacial score (nSPS) is 13.8. The molecule has 0 saturated heterocycles. The van der Waals surface area contributed by atoms with Gasteiger partial charge in [0.15, 0.2) is 27.1 Å². The number of sulfone groups is 1. The van der Waals surface area contributed by atoms with Crippen LogP contribution in [0, 0.1) is 0 Å². The molecule has 2 N–H and O–H groups in total. The first-order chi connectivity index (χ1) is 17.7. The van der Waals surface area contributed by atoms with Crippen molar-refractivity contribution < 1.29 is 13.5 Å². The second-order valence-corrected chi connectivity index (χ2v) is 11.4. The quantitative estimate of drug-likeness (QED) is 0.349. The van der Waals surface area contributed by atoms with E-state index in [0.29, 0.717) is 28.1 Å². The molecule has 0 atom stereocenters. The lowest BCUT2D eigenvalue weighted by Gasteiger charge is -2.16. The summed E-state index contributed by atoms with van der Waals surface area (Å²) in [5, 5.41) is 13.5. The van der Waals surface area contributed by atoms with Crippen molar-refractivity contribution in [2.45, 2.75) is 57.0 Å². The fraction of sp³-hybridized carbons (Fsp3) is 0.375. The molecule has 13 heteroatoms. The Balaban J connectivity index is 1.51. The average molecular weight is 523 g/mol. The molecule has 0 aromatic carbocycles. The maximum Gasteiger partial charge on any atom is 0.295 e. The van der Waals surface area contributed by atoms with Crippen molar-refractivity contribution in [3.63, 3.8) is 0 Å². The molecule has 12 nitrogen and oxygen atoms in total. The Kier molecular flexibility index (Phi) is 6.31. The third-order valence-electron chi connectivity index (χ3n) is 6.17. The maximum atomic E-state index is 13.4. The number of nitrogens with one attached hydrogen (secondary N) is 1. The summed E-state index contributed by atoms with van der Waals surface area (Å²) in [7, 11) is -3.34. The summed E-state index contributed by atoms with van der Waals surface area (Å²) in [4.78, 5) is 39.4. The number of hydrogen-bond donors (Lipinski definition) is 2. The lowest BCUT2D eigenvalue weighted by molar-refractivity contribution is 0.452. The zero-order chi connectivity index (χ0) is 26.3. The van der Waals surface area contributed by atoms with E-state index in [-0.39, 0.29) is 52.2 Å². The van der Waals surface area contributed by atoms with E-state index in [1.54, 1.807) is 13.0 Å². The molecule has 4 aromatic rings. The Morgan fingerprint density at radius 2 is 1.89 bits per heavy atom. The van der Waals surface area contributed by atoms with Crippen LogP contribution < -0.4 is 10.9 Å². The molecule has 0 radical (unpaired) electrons. The summed E-state index contributed by atoms with van der Waals surface area (Å²) in [5.41, 5.74) is 1.95. The van der Waals surface area contributed by atoms with Crippen LogP contribution in [-0.4, -0.2) is 53.7 Å². The SMILES string of the molecule is CCS(=O)(=O)c1ccc(CNc2nc3cnc(-c4c(O)ncnc4C4CC4)nc3n(C(C)C)c2=O)nc1. The van der Waals surface area contributed by atoms with Crippen LogP contribution in [0.1, 0.15) is 57.0 Å². The number of rotatable bonds is 8. The molecule has 5 rings (SSSR count). The highest BCUT2D eigenvalue weighted by molar-refractivity contribution is 7.91. The highest BCUT2D eigenvalue weighted by Crippen LogP contribution is 2.44. The second kappa shape index (κ2) is 9.47. The van der Waals surface area contributed by atoms with Crippen molar-refractivity contribution in [1.29, 1.82) is 0 Å². The summed E-state index contributed by atoms with van der Waals surface area (Å²) >= 11 is 0. The van der Waals surface area contributed by atoms with E-state index < -0.39 is 9.84 Å². The second-order valence-electron chi connectivity index (χ2n) is 9.11. The lowest BCUT2D eigenvalue weighted by Crippen LogP contribution is -2.27. The Morgan fingerprint density at radius 3 is 2.54 bits per heavy atom. The summed E-state index contributed by atoms with van der Waals surface area (Å²) in [6.45, 7) is 5.46. The van der Waals surface area contributed by atoms with Crippen LogP contribution >= 0.6 is 0 Å². The van der Waals surface area contributed by atoms with Crippen LogP contribution in [0.3, 0.4) is 0 Å². The van der Waals surface area contributed by atoms with E-state index >= 15 is 0 Å². The van der Waals surface area contributed by atoms with Gasteiger partial charge in [-0.1, -0.05) is 6.92 Å². The molecule has 0 spiro atoms. The minimum Gasteiger partial charge on any atom is -0.493 e. The fourth-order valence-corrected chi connectivity index (χ4v) is 4.85. The molecule has 4 heterocycles. The van der Waals surface area contributed by atoms with Gasteiger partial charge < -0.3 is 10.4 Å². The highest BCUT2D eigenvalue weighted by atomic mass is 32.2. The van der Waals surface area contributed by atoms with E-state index in [1.165, 1.54) is 29.4 Å². The summed E-state index contributed by atoms with van der Waals surface area (Å²) in [6, 6.07) is 2.84. The van der Waals surface area contributed by atoms with Crippen LogP contribution in [-0.2, 0) is 16.4 Å². The van der Waals surface area contributed by atoms with Gasteiger partial charge in [0.2, 0.25) is 5.88 Å². The van der Waals surface area contributed by atoms with E-state index in [2.05, 4.69) is 35.2 Å². The van der Waals surface area contributed by atoms with Crippen molar-refractivity contribution in [3.05, 3.63) is 52.6 Å². The van der Waals surface area contributed by atoms with Crippen LogP contribution in [0.4, 0.5) is 5.82 Å². The predicted molar refractivity (Wildman–Crippen MR) is 136 cm³/mol. The first-order valence-corrected chi connectivity index (χ1v) is 13.6. The van der Waals surface area contributed by atoms with Gasteiger partial charge in [-0.3, -0.25) is 14.3 Å². The molecule has 0 bridgehead atoms. The van der Waals surface area contributed by atoms with Crippen molar-refractivity contribution in [3.8, 4) is 17.3 Å². The largest absolute Gasteiger partial charge is 0.493 e. The molecular formula is C24H26N8O4S. The first-order valence-electron chi connectivity index (χ1n) is 11.9. The van der Waals surface area contributed by atoms with Gasteiger partial charge in [-0.15, -0.1) is 0 Å². The number of hydrogen-bond acceptors (Lipinski definition) is 11. The summed E-state index contributed by atoms with van der Waals surface area (Å²) < 4.78 is 25.5. The predicted octanol–water partition coefficient (Wildman–Crippen LogP) is 2.61. The van der Waals surface area contributed by atoms with Gasteiger partial charge in [0.25, 0.3) is 5.56 Å². The summed E-state index contributed by atoms with van der Waals surface area (Å²) in [6.07, 6.45) is 6.08. The van der Waals surface area contributed by atoms with Gasteiger partial charge in [0, 0.05) is 18.2 Å². The first kappa shape index (κ1) is 24.7. The van der Waals surface area contributed by atoms with E-state index in [1.807, 2.05) is 13.8 Å². The molecule has 37 heavy (non-hydrogen) atoms. The Morgan fingerprint density at radius 1 is 1.11 bits per heavy atom. The zero-order valence-corrected chi connectivity index (χ0v) is 21.4. The van der Waals surface area contributed by atoms with Gasteiger partial charge >= 0.3 is 0 Å². The number of aromatic nitrogens is 7. The van der Waals surface area contributed by atoms with Crippen LogP contribution in [0.15, 0.2) is 40.5 Å². The number of anilines is 1. The summed E-state index contributed by atoms with van der Waals surface area (Å²) in [5.74, 6) is 0.338. The van der Waals surface area contributed by atoms with Crippen molar-refractivity contribution in [1.82, 2.24) is 34.5 Å². The van der Waals surface area contributed by atoms with Gasteiger partial charge in [-0.2, -0.15) is 0 Å². The molecule has 0 aliphatic heterocycles. The fourth-order valence-electron chi connectivity index (χ4n) is 4.03. The molecular weight excluding hydrogens is 496 g/mol. The average Bonchev–Trinajstić information content (AvgIpc) is 3.73. The van der Waals surface area contributed by atoms with Crippen molar-refractivity contribution >= 4 is 26.8 Å². The lowest BCUT2D eigenvalue weighted by atomic mass is 10.1. The van der Waals surface area contributed by atoms with Gasteiger partial charge in [-0.05, 0) is 38.8 Å². The van der Waals surface area contributed by atoms with Crippen LogP contribution in [0.25, 0.3) is 22.6 Å². The zero-order valence-electron chi connectivity index (χ0n) is 20.6. The number of nitrogens with zero attached hydrogens (tertiary/aromatic N) is 7.